The number of hydrogen-bond donors (Lipinski definition) is 2. The van der Waals surface area contributed by atoms with Crippen molar-refractivity contribution >= 4 is 23.5 Å². The second kappa shape index (κ2) is 12.5. The van der Waals surface area contributed by atoms with Crippen molar-refractivity contribution in [1.29, 1.82) is 0 Å². The van der Waals surface area contributed by atoms with Crippen LogP contribution < -0.4 is 20.2 Å². The Hall–Kier alpha value is -1.82. The maximum atomic E-state index is 5.86. The number of hydrogen-bond acceptors (Lipinski definition) is 4. The Morgan fingerprint density at radius 2 is 1.96 bits per heavy atom. The van der Waals surface area contributed by atoms with Gasteiger partial charge in [-0.05, 0) is 62.2 Å². The van der Waals surface area contributed by atoms with E-state index in [0.29, 0.717) is 24.4 Å². The molecule has 0 radical (unpaired) electrons. The second-order valence-electron chi connectivity index (χ2n) is 6.87. The van der Waals surface area contributed by atoms with E-state index in [2.05, 4.69) is 22.8 Å². The second-order valence-corrected chi connectivity index (χ2v) is 7.28. The lowest BCUT2D eigenvalue weighted by atomic mass is 9.96. The summed E-state index contributed by atoms with van der Waals surface area (Å²) >= 11 is 5.33. The molecule has 27 heavy (non-hydrogen) atoms. The van der Waals surface area contributed by atoms with Gasteiger partial charge in [-0.3, -0.25) is 5.43 Å². The van der Waals surface area contributed by atoms with Gasteiger partial charge in [0, 0.05) is 6.04 Å². The summed E-state index contributed by atoms with van der Waals surface area (Å²) in [5, 5.41) is 8.17. The molecule has 0 unspecified atom stereocenters. The van der Waals surface area contributed by atoms with Crippen molar-refractivity contribution in [1.82, 2.24) is 10.7 Å². The zero-order valence-corrected chi connectivity index (χ0v) is 17.4. The molecule has 0 aromatic heterocycles. The van der Waals surface area contributed by atoms with Crippen LogP contribution in [0.5, 0.6) is 11.5 Å². The molecule has 1 aromatic rings. The van der Waals surface area contributed by atoms with Crippen LogP contribution in [0.2, 0.25) is 0 Å². The van der Waals surface area contributed by atoms with E-state index in [4.69, 9.17) is 21.7 Å². The van der Waals surface area contributed by atoms with Crippen molar-refractivity contribution < 1.29 is 9.47 Å². The van der Waals surface area contributed by atoms with E-state index in [0.717, 1.165) is 23.5 Å². The minimum atomic E-state index is 0.475. The highest BCUT2D eigenvalue weighted by Gasteiger charge is 2.13. The Bertz CT molecular complexity index is 601. The predicted molar refractivity (Wildman–Crippen MR) is 116 cm³/mol. The van der Waals surface area contributed by atoms with Crippen LogP contribution in [0.15, 0.2) is 23.3 Å². The number of benzene rings is 1. The van der Waals surface area contributed by atoms with Crippen LogP contribution >= 0.6 is 12.2 Å². The first-order valence-electron chi connectivity index (χ1n) is 10.2. The maximum absolute atomic E-state index is 5.86. The van der Waals surface area contributed by atoms with Gasteiger partial charge in [-0.15, -0.1) is 0 Å². The van der Waals surface area contributed by atoms with Gasteiger partial charge in [-0.25, -0.2) is 0 Å². The van der Waals surface area contributed by atoms with Crippen LogP contribution in [0.3, 0.4) is 0 Å². The molecule has 0 spiro atoms. The molecular formula is C21H33N3O2S. The average Bonchev–Trinajstić information content (AvgIpc) is 2.67. The van der Waals surface area contributed by atoms with Crippen LogP contribution in [-0.4, -0.2) is 30.6 Å². The van der Waals surface area contributed by atoms with E-state index < -0.39 is 0 Å². The highest BCUT2D eigenvalue weighted by atomic mass is 32.1. The summed E-state index contributed by atoms with van der Waals surface area (Å²) < 4.78 is 11.6. The van der Waals surface area contributed by atoms with Crippen LogP contribution in [0, 0.1) is 0 Å². The molecule has 0 heterocycles. The number of nitrogens with zero attached hydrogens (tertiary/aromatic N) is 1. The topological polar surface area (TPSA) is 54.9 Å². The predicted octanol–water partition coefficient (Wildman–Crippen LogP) is 4.79. The first-order valence-corrected chi connectivity index (χ1v) is 10.6. The van der Waals surface area contributed by atoms with E-state index in [1.165, 1.54) is 44.9 Å². The minimum absolute atomic E-state index is 0.475. The van der Waals surface area contributed by atoms with E-state index in [-0.39, 0.29) is 0 Å². The molecule has 1 saturated carbocycles. The molecule has 2 rings (SSSR count). The normalized spacial score (nSPS) is 14.9. The molecule has 1 aliphatic carbocycles. The van der Waals surface area contributed by atoms with E-state index in [9.17, 15) is 0 Å². The van der Waals surface area contributed by atoms with E-state index in [1.54, 1.807) is 6.21 Å². The molecule has 0 aliphatic heterocycles. The molecule has 150 valence electrons. The molecule has 0 saturated heterocycles. The van der Waals surface area contributed by atoms with E-state index in [1.807, 2.05) is 25.1 Å². The minimum Gasteiger partial charge on any atom is -0.490 e. The Labute approximate surface area is 168 Å². The lowest BCUT2D eigenvalue weighted by Crippen LogP contribution is -2.40. The van der Waals surface area contributed by atoms with Crippen molar-refractivity contribution in [2.75, 3.05) is 13.2 Å². The highest BCUT2D eigenvalue weighted by molar-refractivity contribution is 7.80. The molecule has 5 nitrogen and oxygen atoms in total. The number of nitrogens with one attached hydrogen (secondary N) is 2. The Kier molecular flexibility index (Phi) is 9.98. The average molecular weight is 392 g/mol. The zero-order valence-electron chi connectivity index (χ0n) is 16.6. The molecule has 0 bridgehead atoms. The molecule has 2 N–H and O–H groups in total. The molecule has 1 aliphatic rings. The number of hydrazone groups is 1. The summed E-state index contributed by atoms with van der Waals surface area (Å²) in [5.74, 6) is 1.54. The molecule has 0 amide bonds. The number of ether oxygens (including phenoxy) is 2. The van der Waals surface area contributed by atoms with Crippen LogP contribution in [0.25, 0.3) is 0 Å². The van der Waals surface area contributed by atoms with Gasteiger partial charge in [0.1, 0.15) is 0 Å². The number of unbranched alkanes of at least 4 members (excludes halogenated alkanes) is 2. The number of rotatable bonds is 10. The van der Waals surface area contributed by atoms with Crippen LogP contribution in [0.4, 0.5) is 0 Å². The monoisotopic (exact) mass is 391 g/mol. The first kappa shape index (κ1) is 21.5. The first-order chi connectivity index (χ1) is 13.2. The largest absolute Gasteiger partial charge is 0.490 e. The van der Waals surface area contributed by atoms with Crippen molar-refractivity contribution in [3.63, 3.8) is 0 Å². The van der Waals surface area contributed by atoms with Crippen molar-refractivity contribution in [2.45, 2.75) is 71.3 Å². The summed E-state index contributed by atoms with van der Waals surface area (Å²) in [6.07, 6.45) is 11.4. The summed E-state index contributed by atoms with van der Waals surface area (Å²) in [6.45, 7) is 5.46. The van der Waals surface area contributed by atoms with Gasteiger partial charge in [0.15, 0.2) is 16.6 Å². The maximum Gasteiger partial charge on any atom is 0.187 e. The Morgan fingerprint density at radius 3 is 2.70 bits per heavy atom. The fraction of sp³-hybridized carbons (Fsp3) is 0.619. The Balaban J connectivity index is 1.85. The van der Waals surface area contributed by atoms with E-state index >= 15 is 0 Å². The zero-order chi connectivity index (χ0) is 19.3. The van der Waals surface area contributed by atoms with Crippen molar-refractivity contribution in [2.24, 2.45) is 5.10 Å². The fourth-order valence-corrected chi connectivity index (χ4v) is 3.38. The fourth-order valence-electron chi connectivity index (χ4n) is 3.16. The molecule has 1 fully saturated rings. The van der Waals surface area contributed by atoms with Crippen LogP contribution in [0.1, 0.15) is 70.8 Å². The van der Waals surface area contributed by atoms with Gasteiger partial charge in [0.25, 0.3) is 0 Å². The van der Waals surface area contributed by atoms with Gasteiger partial charge in [0.05, 0.1) is 19.4 Å². The molecule has 0 atom stereocenters. The van der Waals surface area contributed by atoms with Gasteiger partial charge < -0.3 is 14.8 Å². The third-order valence-corrected chi connectivity index (χ3v) is 4.80. The van der Waals surface area contributed by atoms with Crippen LogP contribution in [-0.2, 0) is 0 Å². The molecule has 6 heteroatoms. The van der Waals surface area contributed by atoms with Gasteiger partial charge in [-0.2, -0.15) is 5.10 Å². The van der Waals surface area contributed by atoms with Gasteiger partial charge in [0.2, 0.25) is 0 Å². The summed E-state index contributed by atoms with van der Waals surface area (Å²) in [7, 11) is 0. The summed E-state index contributed by atoms with van der Waals surface area (Å²) in [4.78, 5) is 0. The summed E-state index contributed by atoms with van der Waals surface area (Å²) in [5.41, 5.74) is 3.85. The Morgan fingerprint density at radius 1 is 1.15 bits per heavy atom. The molecular weight excluding hydrogens is 358 g/mol. The summed E-state index contributed by atoms with van der Waals surface area (Å²) in [6, 6.07) is 6.33. The third kappa shape index (κ3) is 8.16. The van der Waals surface area contributed by atoms with Gasteiger partial charge >= 0.3 is 0 Å². The SMILES string of the molecule is CCCCCOc1ccc(/C=N\NC(=S)NC2CCCCC2)cc1OCC. The van der Waals surface area contributed by atoms with Gasteiger partial charge in [-0.1, -0.05) is 39.0 Å². The third-order valence-electron chi connectivity index (χ3n) is 4.59. The molecule has 1 aromatic carbocycles. The van der Waals surface area contributed by atoms with Crippen molar-refractivity contribution in [3.8, 4) is 11.5 Å². The smallest absolute Gasteiger partial charge is 0.187 e. The highest BCUT2D eigenvalue weighted by Crippen LogP contribution is 2.28. The van der Waals surface area contributed by atoms with Crippen molar-refractivity contribution in [3.05, 3.63) is 23.8 Å². The quantitative estimate of drug-likeness (QED) is 0.260. The lowest BCUT2D eigenvalue weighted by molar-refractivity contribution is 0.271. The standard InChI is InChI=1S/C21H33N3O2S/c1-3-5-9-14-26-19-13-12-17(15-20(19)25-4-2)16-22-24-21(27)23-18-10-7-6-8-11-18/h12-13,15-16,18H,3-11,14H2,1-2H3,(H2,23,24,27)/b22-16-. The number of thiocarbonyl (C=S) groups is 1. The lowest BCUT2D eigenvalue weighted by Gasteiger charge is -2.23.